The summed E-state index contributed by atoms with van der Waals surface area (Å²) in [5, 5.41) is 14.8. The third-order valence-electron chi connectivity index (χ3n) is 5.30. The van der Waals surface area contributed by atoms with Crippen LogP contribution in [0.25, 0.3) is 33.3 Å². The largest absolute Gasteiger partial charge is 0.383 e. The SMILES string of the molecule is Cc1ccccc1-c1nc2ccccc2nc1Cn1nc(C#C[C@@H](C)O)c2c(N)ncnc21. The van der Waals surface area contributed by atoms with E-state index in [2.05, 4.69) is 39.9 Å². The molecule has 8 nitrogen and oxygen atoms in total. The molecule has 5 rings (SSSR count). The number of nitrogens with zero attached hydrogens (tertiary/aromatic N) is 6. The lowest BCUT2D eigenvalue weighted by molar-refractivity contribution is 0.253. The van der Waals surface area contributed by atoms with Gasteiger partial charge in [0.05, 0.1) is 34.4 Å². The van der Waals surface area contributed by atoms with Crippen molar-refractivity contribution < 1.29 is 5.11 Å². The van der Waals surface area contributed by atoms with E-state index in [-0.39, 0.29) is 5.82 Å². The molecule has 0 spiro atoms. The maximum absolute atomic E-state index is 9.60. The summed E-state index contributed by atoms with van der Waals surface area (Å²) in [5.41, 5.74) is 12.3. The zero-order valence-electron chi connectivity index (χ0n) is 18.2. The van der Waals surface area contributed by atoms with Crippen molar-refractivity contribution in [3.63, 3.8) is 0 Å². The highest BCUT2D eigenvalue weighted by Crippen LogP contribution is 2.28. The fraction of sp³-hybridized carbons (Fsp3) is 0.160. The maximum atomic E-state index is 9.60. The van der Waals surface area contributed by atoms with Crippen molar-refractivity contribution in [3.05, 3.63) is 71.8 Å². The molecule has 3 aromatic heterocycles. The number of hydrogen-bond acceptors (Lipinski definition) is 7. The molecular formula is C25H21N7O. The number of benzene rings is 2. The standard InChI is InChI=1S/C25H21N7O/c1-15-7-3-4-8-17(15)23-21(29-18-9-5-6-10-19(18)30-23)13-32-25-22(24(26)27-14-28-25)20(31-32)12-11-16(2)33/h3-10,14,16,33H,13H2,1-2H3,(H2,26,27,28)/t16-/m1/s1. The average molecular weight is 435 g/mol. The third-order valence-corrected chi connectivity index (χ3v) is 5.30. The molecule has 0 amide bonds. The lowest BCUT2D eigenvalue weighted by Crippen LogP contribution is -2.08. The molecule has 0 unspecified atom stereocenters. The van der Waals surface area contributed by atoms with Crippen molar-refractivity contribution >= 4 is 27.9 Å². The first-order valence-electron chi connectivity index (χ1n) is 10.5. The summed E-state index contributed by atoms with van der Waals surface area (Å²) in [6, 6.07) is 15.9. The smallest absolute Gasteiger partial charge is 0.165 e. The number of para-hydroxylation sites is 2. The molecule has 1 atom stereocenters. The van der Waals surface area contributed by atoms with Crippen LogP contribution in [0.2, 0.25) is 0 Å². The van der Waals surface area contributed by atoms with E-state index < -0.39 is 6.10 Å². The summed E-state index contributed by atoms with van der Waals surface area (Å²) < 4.78 is 1.71. The lowest BCUT2D eigenvalue weighted by atomic mass is 10.0. The van der Waals surface area contributed by atoms with Gasteiger partial charge in [-0.1, -0.05) is 42.3 Å². The zero-order valence-corrected chi connectivity index (χ0v) is 18.2. The summed E-state index contributed by atoms with van der Waals surface area (Å²) in [7, 11) is 0. The van der Waals surface area contributed by atoms with Gasteiger partial charge in [-0.2, -0.15) is 5.10 Å². The van der Waals surface area contributed by atoms with Gasteiger partial charge in [-0.05, 0) is 37.5 Å². The minimum absolute atomic E-state index is 0.282. The highest BCUT2D eigenvalue weighted by atomic mass is 16.3. The molecule has 0 radical (unpaired) electrons. The second kappa shape index (κ2) is 8.30. The Labute approximate surface area is 190 Å². The number of aromatic nitrogens is 6. The number of anilines is 1. The Balaban J connectivity index is 1.72. The fourth-order valence-corrected chi connectivity index (χ4v) is 3.74. The van der Waals surface area contributed by atoms with Gasteiger partial charge in [-0.15, -0.1) is 0 Å². The number of rotatable bonds is 3. The van der Waals surface area contributed by atoms with Crippen LogP contribution in [0.15, 0.2) is 54.9 Å². The maximum Gasteiger partial charge on any atom is 0.165 e. The monoisotopic (exact) mass is 435 g/mol. The molecule has 0 saturated heterocycles. The van der Waals surface area contributed by atoms with E-state index in [0.29, 0.717) is 23.3 Å². The van der Waals surface area contributed by atoms with Gasteiger partial charge in [-0.25, -0.2) is 24.6 Å². The molecule has 0 fully saturated rings. The Kier molecular flexibility index (Phi) is 5.17. The molecule has 5 aromatic rings. The predicted octanol–water partition coefficient (Wildman–Crippen LogP) is 3.11. The van der Waals surface area contributed by atoms with Crippen molar-refractivity contribution in [2.45, 2.75) is 26.5 Å². The molecule has 0 aliphatic rings. The first kappa shape index (κ1) is 20.5. The van der Waals surface area contributed by atoms with Crippen LogP contribution in [0.1, 0.15) is 23.9 Å². The second-order valence-electron chi connectivity index (χ2n) is 7.73. The quantitative estimate of drug-likeness (QED) is 0.418. The van der Waals surface area contributed by atoms with Gasteiger partial charge in [0, 0.05) is 5.56 Å². The summed E-state index contributed by atoms with van der Waals surface area (Å²) in [4.78, 5) is 18.4. The number of hydrogen-bond donors (Lipinski definition) is 2. The second-order valence-corrected chi connectivity index (χ2v) is 7.73. The van der Waals surface area contributed by atoms with Gasteiger partial charge in [-0.3, -0.25) is 0 Å². The van der Waals surface area contributed by atoms with Crippen molar-refractivity contribution in [2.75, 3.05) is 5.73 Å². The first-order valence-corrected chi connectivity index (χ1v) is 10.5. The summed E-state index contributed by atoms with van der Waals surface area (Å²) in [6.45, 7) is 3.95. The average Bonchev–Trinajstić information content (AvgIpc) is 3.16. The Bertz CT molecular complexity index is 1560. The molecule has 0 bridgehead atoms. The number of fused-ring (bicyclic) bond motifs is 2. The minimum atomic E-state index is -0.796. The fourth-order valence-electron chi connectivity index (χ4n) is 3.74. The van der Waals surface area contributed by atoms with Crippen molar-refractivity contribution in [2.24, 2.45) is 0 Å². The molecule has 0 saturated carbocycles. The van der Waals surface area contributed by atoms with Crippen LogP contribution >= 0.6 is 0 Å². The Hall–Kier alpha value is -4.35. The van der Waals surface area contributed by atoms with Gasteiger partial charge < -0.3 is 10.8 Å². The Morgan fingerprint density at radius 2 is 1.76 bits per heavy atom. The number of aliphatic hydroxyl groups is 1. The van der Waals surface area contributed by atoms with Gasteiger partial charge in [0.25, 0.3) is 0 Å². The van der Waals surface area contributed by atoms with E-state index >= 15 is 0 Å². The molecule has 2 aromatic carbocycles. The van der Waals surface area contributed by atoms with Crippen LogP contribution < -0.4 is 5.73 Å². The number of nitrogens with two attached hydrogens (primary N) is 1. The molecule has 0 aliphatic carbocycles. The van der Waals surface area contributed by atoms with Gasteiger partial charge >= 0.3 is 0 Å². The predicted molar refractivity (Wildman–Crippen MR) is 127 cm³/mol. The lowest BCUT2D eigenvalue weighted by Gasteiger charge is -2.12. The van der Waals surface area contributed by atoms with Crippen LogP contribution in [-0.2, 0) is 6.54 Å². The zero-order chi connectivity index (χ0) is 22.9. The molecule has 8 heteroatoms. The highest BCUT2D eigenvalue weighted by molar-refractivity contribution is 5.90. The van der Waals surface area contributed by atoms with Crippen molar-refractivity contribution in [3.8, 4) is 23.1 Å². The minimum Gasteiger partial charge on any atom is -0.383 e. The van der Waals surface area contributed by atoms with Crippen LogP contribution in [0, 0.1) is 18.8 Å². The van der Waals surface area contributed by atoms with Crippen molar-refractivity contribution in [1.29, 1.82) is 0 Å². The normalized spacial score (nSPS) is 12.0. The molecule has 3 heterocycles. The number of aryl methyl sites for hydroxylation is 1. The van der Waals surface area contributed by atoms with E-state index in [1.165, 1.54) is 6.33 Å². The Morgan fingerprint density at radius 3 is 2.52 bits per heavy atom. The molecular weight excluding hydrogens is 414 g/mol. The van der Waals surface area contributed by atoms with Crippen LogP contribution in [0.5, 0.6) is 0 Å². The highest BCUT2D eigenvalue weighted by Gasteiger charge is 2.18. The van der Waals surface area contributed by atoms with Crippen LogP contribution in [-0.4, -0.2) is 40.9 Å². The number of nitrogen functional groups attached to an aromatic ring is 1. The molecule has 162 valence electrons. The third kappa shape index (κ3) is 3.86. The topological polar surface area (TPSA) is 116 Å². The first-order chi connectivity index (χ1) is 16.0. The van der Waals surface area contributed by atoms with E-state index in [0.717, 1.165) is 33.5 Å². The summed E-state index contributed by atoms with van der Waals surface area (Å²) in [6.07, 6.45) is 0.603. The van der Waals surface area contributed by atoms with Crippen LogP contribution in [0.3, 0.4) is 0 Å². The van der Waals surface area contributed by atoms with E-state index in [1.54, 1.807) is 11.6 Å². The van der Waals surface area contributed by atoms with E-state index in [4.69, 9.17) is 15.7 Å². The number of aliphatic hydroxyl groups excluding tert-OH is 1. The van der Waals surface area contributed by atoms with Gasteiger partial charge in [0.1, 0.15) is 23.9 Å². The van der Waals surface area contributed by atoms with Gasteiger partial charge in [0.2, 0.25) is 0 Å². The van der Waals surface area contributed by atoms with E-state index in [1.807, 2.05) is 42.5 Å². The van der Waals surface area contributed by atoms with Gasteiger partial charge in [0.15, 0.2) is 5.65 Å². The molecule has 0 aliphatic heterocycles. The molecule has 3 N–H and O–H groups in total. The Morgan fingerprint density at radius 1 is 1.03 bits per heavy atom. The van der Waals surface area contributed by atoms with Crippen LogP contribution in [0.4, 0.5) is 5.82 Å². The summed E-state index contributed by atoms with van der Waals surface area (Å²) >= 11 is 0. The van der Waals surface area contributed by atoms with E-state index in [9.17, 15) is 5.11 Å². The van der Waals surface area contributed by atoms with Crippen molar-refractivity contribution in [1.82, 2.24) is 29.7 Å². The summed E-state index contributed by atoms with van der Waals surface area (Å²) in [5.74, 6) is 5.89. The molecule has 33 heavy (non-hydrogen) atoms.